The molecule has 18 nitrogen and oxygen atoms in total. The summed E-state index contributed by atoms with van der Waals surface area (Å²) in [4.78, 5) is 46.3. The molecule has 7 N–H and O–H groups in total. The maximum atomic E-state index is 15.6. The zero-order valence-corrected chi connectivity index (χ0v) is 23.8. The smallest absolute Gasteiger partial charge is 0.325 e. The van der Waals surface area contributed by atoms with Gasteiger partial charge in [-0.15, -0.1) is 0 Å². The van der Waals surface area contributed by atoms with Crippen molar-refractivity contribution in [3.8, 4) is 0 Å². The Morgan fingerprint density at radius 1 is 1.19 bits per heavy atom. The Morgan fingerprint density at radius 2 is 1.95 bits per heavy atom. The van der Waals surface area contributed by atoms with E-state index in [1.165, 1.54) is 23.5 Å². The fraction of sp³-hybridized carbons (Fsp3) is 0.545. The van der Waals surface area contributed by atoms with Gasteiger partial charge in [0, 0.05) is 13.0 Å². The fourth-order valence-electron chi connectivity index (χ4n) is 5.67. The van der Waals surface area contributed by atoms with Gasteiger partial charge in [0.05, 0.1) is 32.0 Å². The summed E-state index contributed by atoms with van der Waals surface area (Å²) in [6.07, 6.45) is -2.39. The van der Waals surface area contributed by atoms with Gasteiger partial charge >= 0.3 is 6.72 Å². The van der Waals surface area contributed by atoms with E-state index in [1.807, 2.05) is 0 Å². The number of fused-ring (bicyclic) bond motifs is 4. The summed E-state index contributed by atoms with van der Waals surface area (Å²) >= 11 is 5.28. The van der Waals surface area contributed by atoms with Crippen LogP contribution >= 0.6 is 6.72 Å². The number of ether oxygens (including phenoxy) is 3. The van der Waals surface area contributed by atoms with E-state index < -0.39 is 48.7 Å². The molecule has 1 unspecified atom stereocenters. The largest absolute Gasteiger partial charge is 0.396 e. The number of imidazole rings is 2. The van der Waals surface area contributed by atoms with Crippen molar-refractivity contribution >= 4 is 52.6 Å². The highest BCUT2D eigenvalue weighted by Gasteiger charge is 2.56. The fourth-order valence-corrected chi connectivity index (χ4v) is 7.11. The van der Waals surface area contributed by atoms with Crippen LogP contribution in [-0.2, 0) is 35.1 Å². The average molecular weight is 641 g/mol. The van der Waals surface area contributed by atoms with E-state index in [1.54, 1.807) is 4.57 Å². The van der Waals surface area contributed by atoms with Crippen LogP contribution in [-0.4, -0.2) is 98.9 Å². The molecule has 3 saturated heterocycles. The third kappa shape index (κ3) is 4.88. The molecule has 43 heavy (non-hydrogen) atoms. The van der Waals surface area contributed by atoms with Crippen LogP contribution in [0.4, 0.5) is 16.2 Å². The van der Waals surface area contributed by atoms with Crippen LogP contribution < -0.4 is 17.0 Å². The minimum atomic E-state index is -4.15. The molecule has 8 atom stereocenters. The van der Waals surface area contributed by atoms with Crippen molar-refractivity contribution in [3.63, 3.8) is 0 Å². The van der Waals surface area contributed by atoms with E-state index in [0.29, 0.717) is 17.6 Å². The summed E-state index contributed by atoms with van der Waals surface area (Å²) in [5.74, 6) is 0.0279. The van der Waals surface area contributed by atoms with Gasteiger partial charge in [0.1, 0.15) is 29.7 Å². The molecular weight excluding hydrogens is 614 g/mol. The van der Waals surface area contributed by atoms with Crippen molar-refractivity contribution in [2.24, 2.45) is 0 Å². The SMILES string of the molecule is Nc1nc2c(ncn2[C@@H]2O[C@H](CCO)[C@H](F)[C@H]2OP(O)(=S)OC[C@]23CO[C@H](C2)[C@H](n2cnc4c(N)ncnc42)O3)c(=O)[nH]1. The van der Waals surface area contributed by atoms with Crippen LogP contribution in [0.2, 0.25) is 0 Å². The Bertz CT molecular complexity index is 1810. The molecule has 4 aromatic rings. The summed E-state index contributed by atoms with van der Waals surface area (Å²) in [7, 11) is 0. The minimum Gasteiger partial charge on any atom is -0.396 e. The molecule has 4 aromatic heterocycles. The number of halogens is 1. The van der Waals surface area contributed by atoms with E-state index in [9.17, 15) is 14.8 Å². The topological polar surface area (TPSA) is 246 Å². The number of H-pyrrole nitrogens is 1. The van der Waals surface area contributed by atoms with Crippen molar-refractivity contribution < 1.29 is 37.6 Å². The van der Waals surface area contributed by atoms with Crippen molar-refractivity contribution in [3.05, 3.63) is 29.3 Å². The zero-order valence-electron chi connectivity index (χ0n) is 22.1. The number of nitrogen functional groups attached to an aromatic ring is 2. The number of nitrogens with zero attached hydrogens (tertiary/aromatic N) is 7. The zero-order chi connectivity index (χ0) is 30.1. The normalized spacial score (nSPS) is 31.8. The van der Waals surface area contributed by atoms with E-state index >= 15 is 4.39 Å². The van der Waals surface area contributed by atoms with Gasteiger partial charge in [0.2, 0.25) is 5.95 Å². The Morgan fingerprint density at radius 3 is 2.74 bits per heavy atom. The number of nitrogens with two attached hydrogens (primary N) is 2. The molecule has 230 valence electrons. The Kier molecular flexibility index (Phi) is 6.95. The standard InChI is InChI=1S/C22H26FN10O8PS/c23-11-9(1-2-34)39-20(33-8-29-13-17(33)30-21(25)31-18(13)35)14(11)41-42(36,43)38-5-22-3-10(37-4-22)19(40-22)32-7-28-12-15(24)26-6-27-16(12)32/h6-11,14,19-20,34H,1-5H2,(H,36,43)(H2,24,26,27)(H3,25,30,31,35)/t9-,10-,11+,14-,19-,20-,22-,42?/m1/s1. The lowest BCUT2D eigenvalue weighted by atomic mass is 10.0. The molecular formula is C22H26FN10O8PS. The summed E-state index contributed by atoms with van der Waals surface area (Å²) in [6.45, 7) is -4.60. The number of hydrogen-bond donors (Lipinski definition) is 5. The van der Waals surface area contributed by atoms with Crippen LogP contribution in [0.3, 0.4) is 0 Å². The third-order valence-corrected chi connectivity index (χ3v) is 9.17. The van der Waals surface area contributed by atoms with Gasteiger partial charge in [-0.3, -0.25) is 23.4 Å². The van der Waals surface area contributed by atoms with Crippen molar-refractivity contribution in [2.45, 2.75) is 55.4 Å². The van der Waals surface area contributed by atoms with Crippen LogP contribution in [0.15, 0.2) is 23.8 Å². The molecule has 0 spiro atoms. The third-order valence-electron chi connectivity index (χ3n) is 7.63. The minimum absolute atomic E-state index is 0.00124. The second-order valence-corrected chi connectivity index (χ2v) is 13.2. The average Bonchev–Trinajstić information content (AvgIpc) is 3.78. The first kappa shape index (κ1) is 28.6. The summed E-state index contributed by atoms with van der Waals surface area (Å²) in [5.41, 5.74) is 10.8. The van der Waals surface area contributed by atoms with Gasteiger partial charge < -0.3 is 40.2 Å². The molecule has 0 radical (unpaired) electrons. The molecule has 0 aliphatic carbocycles. The van der Waals surface area contributed by atoms with Gasteiger partial charge in [-0.25, -0.2) is 24.3 Å². The molecule has 3 fully saturated rings. The maximum absolute atomic E-state index is 15.6. The van der Waals surface area contributed by atoms with Gasteiger partial charge in [-0.05, 0) is 18.2 Å². The first-order valence-electron chi connectivity index (χ1n) is 13.1. The number of aliphatic hydroxyl groups is 1. The van der Waals surface area contributed by atoms with Crippen LogP contribution in [0.1, 0.15) is 25.3 Å². The number of aromatic amines is 1. The highest BCUT2D eigenvalue weighted by atomic mass is 32.5. The lowest BCUT2D eigenvalue weighted by molar-refractivity contribution is -0.180. The number of rotatable bonds is 9. The number of aliphatic hydroxyl groups excluding tert-OH is 1. The number of aromatic nitrogens is 8. The first-order chi connectivity index (χ1) is 20.6. The van der Waals surface area contributed by atoms with Crippen LogP contribution in [0, 0.1) is 0 Å². The second kappa shape index (κ2) is 10.5. The van der Waals surface area contributed by atoms with Crippen molar-refractivity contribution in [2.75, 3.05) is 31.3 Å². The van der Waals surface area contributed by atoms with Gasteiger partial charge in [0.25, 0.3) is 5.56 Å². The molecule has 7 rings (SSSR count). The van der Waals surface area contributed by atoms with E-state index in [0.717, 1.165) is 0 Å². The number of nitrogens with one attached hydrogen (secondary N) is 1. The summed E-state index contributed by atoms with van der Waals surface area (Å²) < 4.78 is 48.1. The monoisotopic (exact) mass is 640 g/mol. The molecule has 3 aliphatic rings. The highest BCUT2D eigenvalue weighted by molar-refractivity contribution is 8.07. The van der Waals surface area contributed by atoms with Gasteiger partial charge in [0.15, 0.2) is 41.3 Å². The van der Waals surface area contributed by atoms with E-state index in [4.69, 9.17) is 46.5 Å². The lowest BCUT2D eigenvalue weighted by Crippen LogP contribution is -2.39. The quantitative estimate of drug-likeness (QED) is 0.144. The van der Waals surface area contributed by atoms with Gasteiger partial charge in [-0.2, -0.15) is 4.98 Å². The molecule has 0 saturated carbocycles. The van der Waals surface area contributed by atoms with Crippen LogP contribution in [0.25, 0.3) is 22.3 Å². The maximum Gasteiger partial charge on any atom is 0.325 e. The van der Waals surface area contributed by atoms with Gasteiger partial charge in [-0.1, -0.05) is 0 Å². The van der Waals surface area contributed by atoms with E-state index in [2.05, 4.69) is 29.9 Å². The summed E-state index contributed by atoms with van der Waals surface area (Å²) in [5, 5.41) is 9.44. The number of alkyl halides is 1. The Labute approximate surface area is 245 Å². The first-order valence-corrected chi connectivity index (χ1v) is 15.7. The predicted molar refractivity (Wildman–Crippen MR) is 147 cm³/mol. The van der Waals surface area contributed by atoms with Crippen molar-refractivity contribution in [1.82, 2.24) is 39.0 Å². The second-order valence-electron chi connectivity index (χ2n) is 10.4. The van der Waals surface area contributed by atoms with E-state index in [-0.39, 0.29) is 55.3 Å². The Hall–Kier alpha value is -3.20. The highest BCUT2D eigenvalue weighted by Crippen LogP contribution is 2.53. The Balaban J connectivity index is 1.10. The lowest BCUT2D eigenvalue weighted by Gasteiger charge is -2.32. The van der Waals surface area contributed by atoms with Crippen molar-refractivity contribution in [1.29, 1.82) is 0 Å². The number of anilines is 2. The molecule has 2 bridgehead atoms. The van der Waals surface area contributed by atoms with Crippen LogP contribution in [0.5, 0.6) is 0 Å². The molecule has 7 heterocycles. The molecule has 21 heteroatoms. The number of hydrogen-bond acceptors (Lipinski definition) is 15. The molecule has 3 aliphatic heterocycles. The molecule has 0 amide bonds. The summed E-state index contributed by atoms with van der Waals surface area (Å²) in [6, 6.07) is 0. The predicted octanol–water partition coefficient (Wildman–Crippen LogP) is -0.583. The molecule has 0 aromatic carbocycles.